The summed E-state index contributed by atoms with van der Waals surface area (Å²) >= 11 is 0. The van der Waals surface area contributed by atoms with E-state index in [0.29, 0.717) is 0 Å². The lowest BCUT2D eigenvalue weighted by Crippen LogP contribution is -2.23. The highest BCUT2D eigenvalue weighted by Crippen LogP contribution is 2.37. The molecule has 7 aromatic rings. The molecule has 8 rings (SSSR count). The number of hydrogen-bond acceptors (Lipinski definition) is 2. The lowest BCUT2D eigenvalue weighted by molar-refractivity contribution is 0.502. The first kappa shape index (κ1) is 23.5. The number of aliphatic imine (C=N–C) groups is 1. The lowest BCUT2D eigenvalue weighted by atomic mass is 9.93. The van der Waals surface area contributed by atoms with Crippen LogP contribution in [0, 0.1) is 0 Å². The van der Waals surface area contributed by atoms with Crippen molar-refractivity contribution in [1.82, 2.24) is 9.88 Å². The van der Waals surface area contributed by atoms with Gasteiger partial charge >= 0.3 is 0 Å². The SMILES string of the molecule is C1=NC(n2c3ccccc3c3c4ccccc4ccc32)NC=C1c1cc(-c2ccccc2)cc(-c2ccccc2)c1. The molecule has 3 nitrogen and oxygen atoms in total. The van der Waals surface area contributed by atoms with E-state index in [9.17, 15) is 0 Å². The van der Waals surface area contributed by atoms with E-state index in [2.05, 4.69) is 156 Å². The molecule has 1 unspecified atom stereocenters. The summed E-state index contributed by atoms with van der Waals surface area (Å²) < 4.78 is 2.32. The van der Waals surface area contributed by atoms with E-state index >= 15 is 0 Å². The molecular weight excluding hydrogens is 498 g/mol. The summed E-state index contributed by atoms with van der Waals surface area (Å²) in [7, 11) is 0. The van der Waals surface area contributed by atoms with Crippen LogP contribution in [0.5, 0.6) is 0 Å². The second-order valence-corrected chi connectivity index (χ2v) is 10.5. The van der Waals surface area contributed by atoms with Gasteiger partial charge < -0.3 is 9.88 Å². The van der Waals surface area contributed by atoms with Crippen molar-refractivity contribution >= 4 is 44.4 Å². The van der Waals surface area contributed by atoms with Crippen molar-refractivity contribution in [2.75, 3.05) is 0 Å². The molecule has 0 saturated heterocycles. The summed E-state index contributed by atoms with van der Waals surface area (Å²) in [6, 6.07) is 49.6. The summed E-state index contributed by atoms with van der Waals surface area (Å²) in [5, 5.41) is 8.65. The average Bonchev–Trinajstić information content (AvgIpc) is 3.40. The molecule has 3 heteroatoms. The van der Waals surface area contributed by atoms with E-state index in [-0.39, 0.29) is 6.29 Å². The maximum Gasteiger partial charge on any atom is 0.200 e. The molecule has 194 valence electrons. The van der Waals surface area contributed by atoms with Crippen molar-refractivity contribution in [3.63, 3.8) is 0 Å². The number of aromatic nitrogens is 1. The molecule has 0 fully saturated rings. The highest BCUT2D eigenvalue weighted by molar-refractivity contribution is 6.20. The first-order valence-corrected chi connectivity index (χ1v) is 14.0. The van der Waals surface area contributed by atoms with Gasteiger partial charge in [0, 0.05) is 28.8 Å². The normalized spacial score (nSPS) is 14.8. The predicted octanol–water partition coefficient (Wildman–Crippen LogP) is 9.45. The summed E-state index contributed by atoms with van der Waals surface area (Å²) in [5.41, 5.74) is 9.30. The monoisotopic (exact) mass is 525 g/mol. The summed E-state index contributed by atoms with van der Waals surface area (Å²) in [5.74, 6) is 0. The van der Waals surface area contributed by atoms with Crippen molar-refractivity contribution in [2.45, 2.75) is 6.29 Å². The number of rotatable bonds is 4. The zero-order valence-electron chi connectivity index (χ0n) is 22.4. The van der Waals surface area contributed by atoms with E-state index in [4.69, 9.17) is 4.99 Å². The topological polar surface area (TPSA) is 29.3 Å². The molecule has 1 aromatic heterocycles. The number of benzene rings is 6. The molecule has 1 N–H and O–H groups in total. The van der Waals surface area contributed by atoms with Gasteiger partial charge in [-0.25, -0.2) is 4.99 Å². The third-order valence-electron chi connectivity index (χ3n) is 8.07. The van der Waals surface area contributed by atoms with Crippen LogP contribution >= 0.6 is 0 Å². The van der Waals surface area contributed by atoms with Gasteiger partial charge in [0.15, 0.2) is 6.29 Å². The Kier molecular flexibility index (Phi) is 5.53. The van der Waals surface area contributed by atoms with Gasteiger partial charge in [0.1, 0.15) is 0 Å². The Bertz CT molecular complexity index is 2060. The van der Waals surface area contributed by atoms with Crippen LogP contribution in [0.15, 0.2) is 151 Å². The minimum absolute atomic E-state index is 0.242. The molecule has 0 saturated carbocycles. The highest BCUT2D eigenvalue weighted by Gasteiger charge is 2.20. The molecule has 41 heavy (non-hydrogen) atoms. The minimum Gasteiger partial charge on any atom is -0.352 e. The Morgan fingerprint density at radius 3 is 1.80 bits per heavy atom. The number of allylic oxidation sites excluding steroid dienone is 1. The van der Waals surface area contributed by atoms with Gasteiger partial charge in [0.25, 0.3) is 0 Å². The third kappa shape index (κ3) is 4.02. The van der Waals surface area contributed by atoms with Crippen LogP contribution in [0.25, 0.3) is 60.4 Å². The highest BCUT2D eigenvalue weighted by atomic mass is 15.3. The van der Waals surface area contributed by atoms with Gasteiger partial charge in [0.2, 0.25) is 0 Å². The van der Waals surface area contributed by atoms with Crippen LogP contribution in [0.4, 0.5) is 0 Å². The molecule has 0 spiro atoms. The molecule has 0 amide bonds. The summed E-state index contributed by atoms with van der Waals surface area (Å²) in [6.07, 6.45) is 3.88. The van der Waals surface area contributed by atoms with Crippen molar-refractivity contribution in [2.24, 2.45) is 4.99 Å². The van der Waals surface area contributed by atoms with E-state index in [1.165, 1.54) is 54.8 Å². The maximum absolute atomic E-state index is 5.07. The molecule has 0 aliphatic carbocycles. The predicted molar refractivity (Wildman–Crippen MR) is 173 cm³/mol. The fraction of sp³-hybridized carbons (Fsp3) is 0.0263. The number of nitrogens with one attached hydrogen (secondary N) is 1. The fourth-order valence-electron chi connectivity index (χ4n) is 6.12. The van der Waals surface area contributed by atoms with Crippen LogP contribution < -0.4 is 5.32 Å². The fourth-order valence-corrected chi connectivity index (χ4v) is 6.12. The Labute approximate surface area is 238 Å². The van der Waals surface area contributed by atoms with Crippen molar-refractivity contribution in [3.8, 4) is 22.3 Å². The summed E-state index contributed by atoms with van der Waals surface area (Å²) in [4.78, 5) is 5.07. The second kappa shape index (κ2) is 9.65. The third-order valence-corrected chi connectivity index (χ3v) is 8.07. The zero-order valence-corrected chi connectivity index (χ0v) is 22.4. The van der Waals surface area contributed by atoms with Crippen molar-refractivity contribution in [1.29, 1.82) is 0 Å². The Hall–Kier alpha value is -5.41. The number of fused-ring (bicyclic) bond motifs is 5. The van der Waals surface area contributed by atoms with Crippen LogP contribution in [-0.2, 0) is 0 Å². The van der Waals surface area contributed by atoms with Crippen LogP contribution in [0.1, 0.15) is 11.9 Å². The lowest BCUT2D eigenvalue weighted by Gasteiger charge is -2.22. The van der Waals surface area contributed by atoms with E-state index < -0.39 is 0 Å². The second-order valence-electron chi connectivity index (χ2n) is 10.5. The Balaban J connectivity index is 1.22. The number of nitrogens with zero attached hydrogens (tertiary/aromatic N) is 2. The quantitative estimate of drug-likeness (QED) is 0.244. The molecule has 0 radical (unpaired) electrons. The van der Waals surface area contributed by atoms with Crippen LogP contribution in [0.2, 0.25) is 0 Å². The minimum atomic E-state index is -0.242. The van der Waals surface area contributed by atoms with Crippen molar-refractivity contribution < 1.29 is 0 Å². The molecule has 1 aliphatic heterocycles. The number of hydrogen-bond donors (Lipinski definition) is 1. The average molecular weight is 526 g/mol. The van der Waals surface area contributed by atoms with Gasteiger partial charge in [0.05, 0.1) is 11.0 Å². The van der Waals surface area contributed by atoms with E-state index in [1.54, 1.807) is 0 Å². The standard InChI is InChI=1S/C38H27N3/c1-3-11-26(12-4-1)29-21-30(27-13-5-2-6-14-27)23-31(22-29)32-24-39-38(40-25-32)41-35-18-10-9-17-34(35)37-33-16-8-7-15-28(33)19-20-36(37)41/h1-25,38-39H. The molecular formula is C38H27N3. The first-order valence-electron chi connectivity index (χ1n) is 14.0. The molecule has 0 bridgehead atoms. The largest absolute Gasteiger partial charge is 0.352 e. The summed E-state index contributed by atoms with van der Waals surface area (Å²) in [6.45, 7) is 0. The maximum atomic E-state index is 5.07. The Morgan fingerprint density at radius 2 is 1.12 bits per heavy atom. The first-order chi connectivity index (χ1) is 20.3. The van der Waals surface area contributed by atoms with Gasteiger partial charge in [-0.15, -0.1) is 0 Å². The van der Waals surface area contributed by atoms with Gasteiger partial charge in [-0.1, -0.05) is 109 Å². The molecule has 6 aromatic carbocycles. The van der Waals surface area contributed by atoms with E-state index in [0.717, 1.165) is 11.1 Å². The van der Waals surface area contributed by atoms with Crippen LogP contribution in [0.3, 0.4) is 0 Å². The molecule has 2 heterocycles. The van der Waals surface area contributed by atoms with Crippen LogP contribution in [-0.4, -0.2) is 10.8 Å². The van der Waals surface area contributed by atoms with E-state index in [1.807, 2.05) is 6.21 Å². The molecule has 1 atom stereocenters. The van der Waals surface area contributed by atoms with Crippen molar-refractivity contribution in [3.05, 3.63) is 151 Å². The Morgan fingerprint density at radius 1 is 0.512 bits per heavy atom. The number of para-hydroxylation sites is 1. The zero-order chi connectivity index (χ0) is 27.2. The van der Waals surface area contributed by atoms with Gasteiger partial charge in [-0.3, -0.25) is 0 Å². The molecule has 1 aliphatic rings. The van der Waals surface area contributed by atoms with Gasteiger partial charge in [-0.05, 0) is 68.9 Å². The van der Waals surface area contributed by atoms with Gasteiger partial charge in [-0.2, -0.15) is 0 Å². The smallest absolute Gasteiger partial charge is 0.200 e.